The Bertz CT molecular complexity index is 792. The third kappa shape index (κ3) is 10.0. The fourth-order valence-corrected chi connectivity index (χ4v) is 2.37. The van der Waals surface area contributed by atoms with Crippen molar-refractivity contribution in [3.8, 4) is 0 Å². The average molecular weight is 439 g/mol. The molecule has 1 aliphatic heterocycles. The SMILES string of the molecule is CC1=CC(=O)N(CCCC(=O)NCC(=O)NCC(=O)NCC(=O)NCCC(=O)O)C1=O. The van der Waals surface area contributed by atoms with Crippen molar-refractivity contribution in [1.82, 2.24) is 26.2 Å². The highest BCUT2D eigenvalue weighted by Gasteiger charge is 2.27. The predicted molar refractivity (Wildman–Crippen MR) is 104 cm³/mol. The van der Waals surface area contributed by atoms with Crippen LogP contribution in [0.15, 0.2) is 11.6 Å². The van der Waals surface area contributed by atoms with Crippen LogP contribution in [0.4, 0.5) is 0 Å². The van der Waals surface area contributed by atoms with Gasteiger partial charge in [-0.05, 0) is 13.3 Å². The van der Waals surface area contributed by atoms with Crippen molar-refractivity contribution in [1.29, 1.82) is 0 Å². The second kappa shape index (κ2) is 12.7. The minimum absolute atomic E-state index is 0.000857. The molecule has 1 rings (SSSR count). The van der Waals surface area contributed by atoms with Gasteiger partial charge in [-0.3, -0.25) is 38.5 Å². The Morgan fingerprint density at radius 2 is 1.35 bits per heavy atom. The topological polar surface area (TPSA) is 191 Å². The van der Waals surface area contributed by atoms with Gasteiger partial charge < -0.3 is 26.4 Å². The molecule has 1 heterocycles. The maximum absolute atomic E-state index is 11.7. The van der Waals surface area contributed by atoms with E-state index in [4.69, 9.17) is 5.11 Å². The Morgan fingerprint density at radius 1 is 0.839 bits per heavy atom. The molecule has 1 aliphatic rings. The number of hydrogen-bond acceptors (Lipinski definition) is 7. The van der Waals surface area contributed by atoms with Crippen LogP contribution in [0.3, 0.4) is 0 Å². The molecule has 0 saturated carbocycles. The number of aliphatic carboxylic acids is 1. The van der Waals surface area contributed by atoms with Crippen LogP contribution in [0.25, 0.3) is 0 Å². The molecule has 0 aromatic carbocycles. The minimum Gasteiger partial charge on any atom is -0.481 e. The van der Waals surface area contributed by atoms with Crippen LogP contribution >= 0.6 is 0 Å². The van der Waals surface area contributed by atoms with Crippen molar-refractivity contribution in [2.45, 2.75) is 26.2 Å². The Labute approximate surface area is 177 Å². The van der Waals surface area contributed by atoms with Crippen molar-refractivity contribution in [3.05, 3.63) is 11.6 Å². The van der Waals surface area contributed by atoms with E-state index in [0.717, 1.165) is 4.90 Å². The quantitative estimate of drug-likeness (QED) is 0.188. The van der Waals surface area contributed by atoms with Crippen LogP contribution in [0.1, 0.15) is 26.2 Å². The summed E-state index contributed by atoms with van der Waals surface area (Å²) in [6.45, 7) is 0.397. The number of nitrogens with one attached hydrogen (secondary N) is 4. The molecule has 0 aromatic rings. The highest BCUT2D eigenvalue weighted by Crippen LogP contribution is 2.12. The van der Waals surface area contributed by atoms with Gasteiger partial charge in [0.05, 0.1) is 26.1 Å². The summed E-state index contributed by atoms with van der Waals surface area (Å²) in [5, 5.41) is 17.6. The van der Waals surface area contributed by atoms with Gasteiger partial charge in [0.15, 0.2) is 0 Å². The Morgan fingerprint density at radius 3 is 1.84 bits per heavy atom. The van der Waals surface area contributed by atoms with Gasteiger partial charge >= 0.3 is 5.97 Å². The van der Waals surface area contributed by atoms with Crippen molar-refractivity contribution in [2.24, 2.45) is 0 Å². The molecule has 0 saturated heterocycles. The van der Waals surface area contributed by atoms with Gasteiger partial charge in [-0.25, -0.2) is 0 Å². The first-order valence-electron chi connectivity index (χ1n) is 9.43. The second-order valence-corrected chi connectivity index (χ2v) is 6.55. The van der Waals surface area contributed by atoms with Crippen LogP contribution in [0.5, 0.6) is 0 Å². The zero-order valence-electron chi connectivity index (χ0n) is 17.0. The normalized spacial score (nSPS) is 12.8. The third-order valence-corrected chi connectivity index (χ3v) is 3.97. The van der Waals surface area contributed by atoms with Crippen molar-refractivity contribution in [3.63, 3.8) is 0 Å². The highest BCUT2D eigenvalue weighted by molar-refractivity contribution is 6.15. The number of hydrogen-bond donors (Lipinski definition) is 5. The van der Waals surface area contributed by atoms with E-state index in [1.807, 2.05) is 0 Å². The molecule has 0 aliphatic carbocycles. The molecule has 13 heteroatoms. The largest absolute Gasteiger partial charge is 0.481 e. The second-order valence-electron chi connectivity index (χ2n) is 6.55. The molecule has 13 nitrogen and oxygen atoms in total. The van der Waals surface area contributed by atoms with E-state index in [2.05, 4.69) is 21.3 Å². The summed E-state index contributed by atoms with van der Waals surface area (Å²) in [7, 11) is 0. The maximum atomic E-state index is 11.7. The Kier molecular flexibility index (Phi) is 10.4. The maximum Gasteiger partial charge on any atom is 0.305 e. The molecule has 31 heavy (non-hydrogen) atoms. The predicted octanol–water partition coefficient (Wildman–Crippen LogP) is -2.98. The van der Waals surface area contributed by atoms with Crippen LogP contribution in [0.2, 0.25) is 0 Å². The molecule has 0 bridgehead atoms. The number of imide groups is 1. The van der Waals surface area contributed by atoms with Gasteiger partial charge in [-0.15, -0.1) is 0 Å². The van der Waals surface area contributed by atoms with Crippen LogP contribution in [-0.2, 0) is 33.6 Å². The number of nitrogens with zero attached hydrogens (tertiary/aromatic N) is 1. The van der Waals surface area contributed by atoms with Gasteiger partial charge in [0.2, 0.25) is 23.6 Å². The smallest absolute Gasteiger partial charge is 0.305 e. The lowest BCUT2D eigenvalue weighted by atomic mass is 10.2. The van der Waals surface area contributed by atoms with Gasteiger partial charge in [0, 0.05) is 31.2 Å². The summed E-state index contributed by atoms with van der Waals surface area (Å²) >= 11 is 0. The van der Waals surface area contributed by atoms with Gasteiger partial charge in [0.25, 0.3) is 11.8 Å². The van der Waals surface area contributed by atoms with E-state index in [-0.39, 0.29) is 51.3 Å². The van der Waals surface area contributed by atoms with E-state index >= 15 is 0 Å². The summed E-state index contributed by atoms with van der Waals surface area (Å²) < 4.78 is 0. The monoisotopic (exact) mass is 439 g/mol. The molecule has 6 amide bonds. The summed E-state index contributed by atoms with van der Waals surface area (Å²) in [6, 6.07) is 0. The average Bonchev–Trinajstić information content (AvgIpc) is 2.94. The van der Waals surface area contributed by atoms with E-state index in [0.29, 0.717) is 5.57 Å². The number of carboxylic acid groups (broad SMARTS) is 1. The van der Waals surface area contributed by atoms with Gasteiger partial charge in [-0.1, -0.05) is 0 Å². The number of carboxylic acids is 1. The molecule has 0 spiro atoms. The summed E-state index contributed by atoms with van der Waals surface area (Å²) in [6.07, 6.45) is 1.23. The first-order chi connectivity index (χ1) is 14.6. The molecule has 5 N–H and O–H groups in total. The van der Waals surface area contributed by atoms with Crippen molar-refractivity contribution in [2.75, 3.05) is 32.7 Å². The number of amides is 6. The lowest BCUT2D eigenvalue weighted by molar-refractivity contribution is -0.138. The van der Waals surface area contributed by atoms with Crippen molar-refractivity contribution < 1.29 is 38.7 Å². The fourth-order valence-electron chi connectivity index (χ4n) is 2.37. The van der Waals surface area contributed by atoms with Crippen LogP contribution in [-0.4, -0.2) is 84.1 Å². The first kappa shape index (κ1) is 25.3. The summed E-state index contributed by atoms with van der Waals surface area (Å²) in [4.78, 5) is 80.9. The number of carbonyl (C=O) groups excluding carboxylic acids is 6. The first-order valence-corrected chi connectivity index (χ1v) is 9.43. The van der Waals surface area contributed by atoms with Gasteiger partial charge in [-0.2, -0.15) is 0 Å². The molecule has 0 unspecified atom stereocenters. The Balaban J connectivity index is 2.11. The lowest BCUT2D eigenvalue weighted by Crippen LogP contribution is -2.44. The number of rotatable bonds is 13. The highest BCUT2D eigenvalue weighted by atomic mass is 16.4. The standard InChI is InChI=1S/C18H25N5O8/c1-11-7-16(28)23(18(11)31)6-2-3-12(24)20-9-14(26)22-10-15(27)21-8-13(25)19-5-4-17(29)30/h7H,2-6,8-10H2,1H3,(H,19,25)(H,20,24)(H,21,27)(H,22,26)(H,29,30). The van der Waals surface area contributed by atoms with E-state index in [9.17, 15) is 33.6 Å². The fraction of sp³-hybridized carbons (Fsp3) is 0.500. The summed E-state index contributed by atoms with van der Waals surface area (Å²) in [5.74, 6) is -4.17. The lowest BCUT2D eigenvalue weighted by Gasteiger charge is -2.14. The Hall–Kier alpha value is -3.77. The zero-order chi connectivity index (χ0) is 23.4. The molecular formula is C18H25N5O8. The summed E-state index contributed by atoms with van der Waals surface area (Å²) in [5.41, 5.74) is 0.342. The van der Waals surface area contributed by atoms with E-state index < -0.39 is 42.0 Å². The van der Waals surface area contributed by atoms with Crippen molar-refractivity contribution >= 4 is 41.4 Å². The van der Waals surface area contributed by atoms with E-state index in [1.165, 1.54) is 13.0 Å². The van der Waals surface area contributed by atoms with Gasteiger partial charge in [0.1, 0.15) is 0 Å². The molecule has 0 fully saturated rings. The molecule has 170 valence electrons. The zero-order valence-corrected chi connectivity index (χ0v) is 17.0. The number of carbonyl (C=O) groups is 7. The van der Waals surface area contributed by atoms with Crippen LogP contribution < -0.4 is 21.3 Å². The molecular weight excluding hydrogens is 414 g/mol. The minimum atomic E-state index is -1.07. The third-order valence-electron chi connectivity index (χ3n) is 3.97. The molecule has 0 radical (unpaired) electrons. The van der Waals surface area contributed by atoms with Crippen LogP contribution in [0, 0.1) is 0 Å². The molecule has 0 aromatic heterocycles. The molecule has 0 atom stereocenters. The van der Waals surface area contributed by atoms with E-state index in [1.54, 1.807) is 0 Å².